The van der Waals surface area contributed by atoms with E-state index in [0.717, 1.165) is 29.7 Å². The second-order valence-corrected chi connectivity index (χ2v) is 6.14. The molecule has 0 fully saturated rings. The Morgan fingerprint density at radius 1 is 1.23 bits per heavy atom. The predicted octanol–water partition coefficient (Wildman–Crippen LogP) is 1.86. The predicted molar refractivity (Wildman–Crippen MR) is 81.6 cm³/mol. The molecular formula is C16H14NO4S-. The quantitative estimate of drug-likeness (QED) is 0.934. The number of nitrogens with one attached hydrogen (secondary N) is 1. The number of hydrogen-bond acceptors (Lipinski definition) is 5. The SMILES string of the molecule is COc1ccc(C(=O)Nc2sc3c(c2C(=O)[O-])CCC3)cc1. The largest absolute Gasteiger partial charge is 0.545 e. The molecule has 1 aromatic carbocycles. The number of carbonyl (C=O) groups excluding carboxylic acids is 2. The first-order valence-corrected chi connectivity index (χ1v) is 7.73. The molecule has 0 atom stereocenters. The maximum Gasteiger partial charge on any atom is 0.256 e. The number of aryl methyl sites for hydroxylation is 1. The Bertz CT molecular complexity index is 733. The fourth-order valence-electron chi connectivity index (χ4n) is 2.63. The molecule has 114 valence electrons. The van der Waals surface area contributed by atoms with E-state index in [0.29, 0.717) is 16.3 Å². The van der Waals surface area contributed by atoms with Crippen LogP contribution in [0.3, 0.4) is 0 Å². The second-order valence-electron chi connectivity index (χ2n) is 5.03. The first-order chi connectivity index (χ1) is 10.6. The number of ether oxygens (including phenoxy) is 1. The molecule has 1 aliphatic carbocycles. The Kier molecular flexibility index (Phi) is 3.85. The molecule has 0 spiro atoms. The van der Waals surface area contributed by atoms with Gasteiger partial charge in [0.25, 0.3) is 5.91 Å². The maximum atomic E-state index is 12.3. The highest BCUT2D eigenvalue weighted by molar-refractivity contribution is 7.17. The number of benzene rings is 1. The van der Waals surface area contributed by atoms with Crippen LogP contribution in [0.1, 0.15) is 37.6 Å². The molecule has 2 aromatic rings. The van der Waals surface area contributed by atoms with Gasteiger partial charge in [-0.25, -0.2) is 0 Å². The van der Waals surface area contributed by atoms with E-state index >= 15 is 0 Å². The Balaban J connectivity index is 1.86. The van der Waals surface area contributed by atoms with Gasteiger partial charge in [0.15, 0.2) is 0 Å². The molecule has 0 unspecified atom stereocenters. The maximum absolute atomic E-state index is 12.3. The van der Waals surface area contributed by atoms with E-state index in [-0.39, 0.29) is 11.5 Å². The first-order valence-electron chi connectivity index (χ1n) is 6.91. The van der Waals surface area contributed by atoms with Crippen LogP contribution in [0.15, 0.2) is 24.3 Å². The molecule has 0 aliphatic heterocycles. The second kappa shape index (κ2) is 5.81. The number of fused-ring (bicyclic) bond motifs is 1. The highest BCUT2D eigenvalue weighted by Gasteiger charge is 2.23. The minimum atomic E-state index is -1.23. The van der Waals surface area contributed by atoms with Crippen molar-refractivity contribution >= 4 is 28.2 Å². The minimum absolute atomic E-state index is 0.138. The van der Waals surface area contributed by atoms with Crippen LogP contribution >= 0.6 is 11.3 Å². The number of methoxy groups -OCH3 is 1. The lowest BCUT2D eigenvalue weighted by atomic mass is 10.1. The zero-order valence-electron chi connectivity index (χ0n) is 12.0. The van der Waals surface area contributed by atoms with E-state index in [2.05, 4.69) is 5.32 Å². The fourth-order valence-corrected chi connectivity index (χ4v) is 3.90. The Hall–Kier alpha value is -2.34. The number of carboxylic acid groups (broad SMARTS) is 1. The van der Waals surface area contributed by atoms with Crippen molar-refractivity contribution in [1.29, 1.82) is 0 Å². The summed E-state index contributed by atoms with van der Waals surface area (Å²) in [5.41, 5.74) is 1.40. The summed E-state index contributed by atoms with van der Waals surface area (Å²) in [4.78, 5) is 24.7. The van der Waals surface area contributed by atoms with Crippen molar-refractivity contribution in [2.45, 2.75) is 19.3 Å². The smallest absolute Gasteiger partial charge is 0.256 e. The summed E-state index contributed by atoms with van der Waals surface area (Å²) in [5, 5.41) is 14.4. The summed E-state index contributed by atoms with van der Waals surface area (Å²) in [6.07, 6.45) is 2.54. The van der Waals surface area contributed by atoms with Crippen LogP contribution in [-0.4, -0.2) is 19.0 Å². The van der Waals surface area contributed by atoms with Crippen LogP contribution in [0, 0.1) is 0 Å². The van der Waals surface area contributed by atoms with Crippen LogP contribution in [0.2, 0.25) is 0 Å². The molecule has 3 rings (SSSR count). The van der Waals surface area contributed by atoms with Gasteiger partial charge in [0, 0.05) is 16.0 Å². The van der Waals surface area contributed by atoms with Crippen molar-refractivity contribution in [3.63, 3.8) is 0 Å². The van der Waals surface area contributed by atoms with Gasteiger partial charge < -0.3 is 20.0 Å². The topological polar surface area (TPSA) is 78.5 Å². The standard InChI is InChI=1S/C16H15NO4S/c1-21-10-7-5-9(6-8-10)14(18)17-15-13(16(19)20)11-3-2-4-12(11)22-15/h5-8H,2-4H2,1H3,(H,17,18)(H,19,20)/p-1. The van der Waals surface area contributed by atoms with Gasteiger partial charge in [0.2, 0.25) is 0 Å². The molecule has 5 nitrogen and oxygen atoms in total. The first kappa shape index (κ1) is 14.6. The number of hydrogen-bond donors (Lipinski definition) is 1. The lowest BCUT2D eigenvalue weighted by molar-refractivity contribution is -0.254. The van der Waals surface area contributed by atoms with Crippen LogP contribution in [0.5, 0.6) is 5.75 Å². The number of aromatic carboxylic acids is 1. The van der Waals surface area contributed by atoms with E-state index in [1.54, 1.807) is 31.4 Å². The molecule has 1 N–H and O–H groups in total. The molecular weight excluding hydrogens is 302 g/mol. The Labute approximate surface area is 131 Å². The molecule has 1 amide bonds. The van der Waals surface area contributed by atoms with Crippen LogP contribution in [0.4, 0.5) is 5.00 Å². The van der Waals surface area contributed by atoms with Gasteiger partial charge in [-0.05, 0) is 49.1 Å². The van der Waals surface area contributed by atoms with E-state index < -0.39 is 5.97 Å². The summed E-state index contributed by atoms with van der Waals surface area (Å²) < 4.78 is 5.04. The number of rotatable bonds is 4. The van der Waals surface area contributed by atoms with Crippen molar-refractivity contribution < 1.29 is 19.4 Å². The van der Waals surface area contributed by atoms with E-state index in [4.69, 9.17) is 4.74 Å². The van der Waals surface area contributed by atoms with Gasteiger partial charge in [-0.2, -0.15) is 0 Å². The van der Waals surface area contributed by atoms with E-state index in [1.165, 1.54) is 11.3 Å². The third kappa shape index (κ3) is 2.57. The van der Waals surface area contributed by atoms with Crippen molar-refractivity contribution in [2.75, 3.05) is 12.4 Å². The summed E-state index contributed by atoms with van der Waals surface area (Å²) >= 11 is 1.33. The zero-order valence-corrected chi connectivity index (χ0v) is 12.8. The lowest BCUT2D eigenvalue weighted by Crippen LogP contribution is -2.25. The molecule has 0 radical (unpaired) electrons. The molecule has 0 bridgehead atoms. The molecule has 1 heterocycles. The molecule has 1 aliphatic rings. The van der Waals surface area contributed by atoms with Crippen molar-refractivity contribution in [3.8, 4) is 5.75 Å². The minimum Gasteiger partial charge on any atom is -0.545 e. The molecule has 0 saturated carbocycles. The molecule has 22 heavy (non-hydrogen) atoms. The third-order valence-electron chi connectivity index (χ3n) is 3.70. The van der Waals surface area contributed by atoms with Gasteiger partial charge in [0.05, 0.1) is 13.1 Å². The van der Waals surface area contributed by atoms with Gasteiger partial charge in [-0.15, -0.1) is 11.3 Å². The number of thiophene rings is 1. The van der Waals surface area contributed by atoms with Gasteiger partial charge in [0.1, 0.15) is 10.8 Å². The van der Waals surface area contributed by atoms with Crippen molar-refractivity contribution in [1.82, 2.24) is 0 Å². The zero-order chi connectivity index (χ0) is 15.7. The van der Waals surface area contributed by atoms with Crippen molar-refractivity contribution in [2.24, 2.45) is 0 Å². The molecule has 1 aromatic heterocycles. The van der Waals surface area contributed by atoms with Gasteiger partial charge in [-0.1, -0.05) is 0 Å². The van der Waals surface area contributed by atoms with Crippen molar-refractivity contribution in [3.05, 3.63) is 45.8 Å². The summed E-state index contributed by atoms with van der Waals surface area (Å²) in [5.74, 6) is -0.920. The Morgan fingerprint density at radius 3 is 2.59 bits per heavy atom. The highest BCUT2D eigenvalue weighted by Crippen LogP contribution is 2.38. The lowest BCUT2D eigenvalue weighted by Gasteiger charge is -2.09. The number of carbonyl (C=O) groups is 2. The average Bonchev–Trinajstić information content (AvgIpc) is 3.07. The Morgan fingerprint density at radius 2 is 1.95 bits per heavy atom. The fraction of sp³-hybridized carbons (Fsp3) is 0.250. The normalized spacial score (nSPS) is 12.8. The van der Waals surface area contributed by atoms with Crippen LogP contribution in [-0.2, 0) is 12.8 Å². The van der Waals surface area contributed by atoms with Crippen LogP contribution < -0.4 is 15.2 Å². The summed E-state index contributed by atoms with van der Waals surface area (Å²) in [6.45, 7) is 0. The monoisotopic (exact) mass is 316 g/mol. The molecule has 6 heteroatoms. The number of amides is 1. The number of anilines is 1. The third-order valence-corrected chi connectivity index (χ3v) is 4.91. The molecule has 0 saturated heterocycles. The average molecular weight is 316 g/mol. The highest BCUT2D eigenvalue weighted by atomic mass is 32.1. The summed E-state index contributed by atoms with van der Waals surface area (Å²) in [6, 6.07) is 6.63. The number of carboxylic acids is 1. The van der Waals surface area contributed by atoms with E-state index in [1.807, 2.05) is 0 Å². The van der Waals surface area contributed by atoms with E-state index in [9.17, 15) is 14.7 Å². The van der Waals surface area contributed by atoms with Gasteiger partial charge >= 0.3 is 0 Å². The van der Waals surface area contributed by atoms with Gasteiger partial charge in [-0.3, -0.25) is 4.79 Å². The van der Waals surface area contributed by atoms with Crippen LogP contribution in [0.25, 0.3) is 0 Å². The summed E-state index contributed by atoms with van der Waals surface area (Å²) in [7, 11) is 1.55.